The van der Waals surface area contributed by atoms with Gasteiger partial charge in [-0.15, -0.1) is 0 Å². The lowest BCUT2D eigenvalue weighted by Gasteiger charge is -2.16. The number of aromatic nitrogens is 4. The fourth-order valence-electron chi connectivity index (χ4n) is 1.67. The first-order chi connectivity index (χ1) is 9.85. The summed E-state index contributed by atoms with van der Waals surface area (Å²) in [7, 11) is 1.72. The first-order valence-corrected chi connectivity index (χ1v) is 6.23. The van der Waals surface area contributed by atoms with Crippen LogP contribution in [0.15, 0.2) is 16.9 Å². The van der Waals surface area contributed by atoms with E-state index in [9.17, 15) is 13.2 Å². The summed E-state index contributed by atoms with van der Waals surface area (Å²) in [5.74, 6) is 0.331. The largest absolute Gasteiger partial charge is 0.389 e. The van der Waals surface area contributed by atoms with Gasteiger partial charge in [0, 0.05) is 25.4 Å². The van der Waals surface area contributed by atoms with E-state index in [4.69, 9.17) is 0 Å². The van der Waals surface area contributed by atoms with Crippen molar-refractivity contribution in [3.8, 4) is 0 Å². The fraction of sp³-hybridized carbons (Fsp3) is 0.500. The molecule has 0 aliphatic heterocycles. The van der Waals surface area contributed by atoms with E-state index in [1.165, 1.54) is 12.3 Å². The SMILES string of the molecule is Cc1nonc1CN(C)c1nccc(CCC(F)(F)F)n1. The third kappa shape index (κ3) is 4.40. The number of nitrogens with zero attached hydrogens (tertiary/aromatic N) is 5. The van der Waals surface area contributed by atoms with Crippen LogP contribution < -0.4 is 4.90 Å². The molecule has 0 aliphatic carbocycles. The van der Waals surface area contributed by atoms with Gasteiger partial charge in [0.15, 0.2) is 0 Å². The highest BCUT2D eigenvalue weighted by molar-refractivity contribution is 5.30. The topological polar surface area (TPSA) is 67.9 Å². The minimum Gasteiger partial charge on any atom is -0.338 e. The van der Waals surface area contributed by atoms with E-state index in [0.29, 0.717) is 29.6 Å². The zero-order valence-electron chi connectivity index (χ0n) is 11.6. The summed E-state index contributed by atoms with van der Waals surface area (Å²) >= 11 is 0. The predicted octanol–water partition coefficient (Wildman–Crippen LogP) is 2.30. The van der Waals surface area contributed by atoms with Crippen LogP contribution in [-0.2, 0) is 13.0 Å². The summed E-state index contributed by atoms with van der Waals surface area (Å²) < 4.78 is 41.2. The molecule has 0 N–H and O–H groups in total. The molecular weight excluding hydrogens is 287 g/mol. The van der Waals surface area contributed by atoms with Crippen molar-refractivity contribution in [2.75, 3.05) is 11.9 Å². The molecule has 0 atom stereocenters. The molecule has 2 heterocycles. The van der Waals surface area contributed by atoms with Crippen LogP contribution in [0.1, 0.15) is 23.5 Å². The maximum absolute atomic E-state index is 12.2. The lowest BCUT2D eigenvalue weighted by Crippen LogP contribution is -2.20. The van der Waals surface area contributed by atoms with Crippen molar-refractivity contribution in [3.05, 3.63) is 29.3 Å². The van der Waals surface area contributed by atoms with Gasteiger partial charge in [0.1, 0.15) is 11.4 Å². The van der Waals surface area contributed by atoms with Gasteiger partial charge >= 0.3 is 6.18 Å². The molecule has 2 rings (SSSR count). The van der Waals surface area contributed by atoms with Crippen molar-refractivity contribution >= 4 is 5.95 Å². The Kier molecular flexibility index (Phi) is 4.39. The lowest BCUT2D eigenvalue weighted by molar-refractivity contribution is -0.134. The Bertz CT molecular complexity index is 599. The Balaban J connectivity index is 2.04. The van der Waals surface area contributed by atoms with Crippen LogP contribution in [0.3, 0.4) is 0 Å². The van der Waals surface area contributed by atoms with Gasteiger partial charge in [-0.25, -0.2) is 14.6 Å². The number of halogens is 3. The smallest absolute Gasteiger partial charge is 0.338 e. The Morgan fingerprint density at radius 3 is 2.67 bits per heavy atom. The molecule has 0 amide bonds. The summed E-state index contributed by atoms with van der Waals surface area (Å²) in [6.45, 7) is 2.11. The van der Waals surface area contributed by atoms with Crippen molar-refractivity contribution in [2.24, 2.45) is 0 Å². The molecule has 2 aromatic heterocycles. The maximum atomic E-state index is 12.2. The monoisotopic (exact) mass is 301 g/mol. The van der Waals surface area contributed by atoms with Crippen LogP contribution in [0.5, 0.6) is 0 Å². The van der Waals surface area contributed by atoms with Gasteiger partial charge in [0.2, 0.25) is 5.95 Å². The van der Waals surface area contributed by atoms with E-state index in [-0.39, 0.29) is 6.42 Å². The first-order valence-electron chi connectivity index (χ1n) is 6.23. The number of hydrogen-bond donors (Lipinski definition) is 0. The van der Waals surface area contributed by atoms with E-state index < -0.39 is 12.6 Å². The van der Waals surface area contributed by atoms with E-state index in [2.05, 4.69) is 24.9 Å². The second kappa shape index (κ2) is 6.06. The highest BCUT2D eigenvalue weighted by Crippen LogP contribution is 2.22. The Morgan fingerprint density at radius 2 is 2.05 bits per heavy atom. The highest BCUT2D eigenvalue weighted by Gasteiger charge is 2.26. The second-order valence-corrected chi connectivity index (χ2v) is 4.62. The molecule has 0 bridgehead atoms. The fourth-order valence-corrected chi connectivity index (χ4v) is 1.67. The zero-order valence-corrected chi connectivity index (χ0v) is 11.6. The molecule has 0 aromatic carbocycles. The Morgan fingerprint density at radius 1 is 1.29 bits per heavy atom. The summed E-state index contributed by atoms with van der Waals surface area (Å²) in [5.41, 5.74) is 1.62. The Hall–Kier alpha value is -2.19. The normalized spacial score (nSPS) is 11.7. The zero-order chi connectivity index (χ0) is 15.5. The number of rotatable bonds is 5. The van der Waals surface area contributed by atoms with Crippen LogP contribution in [-0.4, -0.2) is 33.5 Å². The van der Waals surface area contributed by atoms with Gasteiger partial charge < -0.3 is 4.90 Å². The van der Waals surface area contributed by atoms with Gasteiger partial charge in [-0.1, -0.05) is 10.3 Å². The molecule has 0 aliphatic rings. The number of aryl methyl sites for hydroxylation is 2. The van der Waals surface area contributed by atoms with Gasteiger partial charge in [-0.05, 0) is 19.4 Å². The molecule has 0 saturated heterocycles. The molecule has 0 unspecified atom stereocenters. The molecule has 0 fully saturated rings. The molecule has 21 heavy (non-hydrogen) atoms. The molecule has 0 saturated carbocycles. The summed E-state index contributed by atoms with van der Waals surface area (Å²) in [4.78, 5) is 9.84. The Labute approximate surface area is 119 Å². The van der Waals surface area contributed by atoms with Crippen molar-refractivity contribution in [2.45, 2.75) is 32.5 Å². The quantitative estimate of drug-likeness (QED) is 0.844. The summed E-state index contributed by atoms with van der Waals surface area (Å²) in [6.07, 6.45) is -3.82. The number of hydrogen-bond acceptors (Lipinski definition) is 6. The first kappa shape index (κ1) is 15.2. The van der Waals surface area contributed by atoms with Crippen molar-refractivity contribution in [3.63, 3.8) is 0 Å². The van der Waals surface area contributed by atoms with E-state index in [1.54, 1.807) is 18.9 Å². The average Bonchev–Trinajstić information content (AvgIpc) is 2.81. The third-order valence-corrected chi connectivity index (χ3v) is 2.84. The minimum atomic E-state index is -4.19. The molecular formula is C12H14F3N5O. The molecule has 6 nitrogen and oxygen atoms in total. The van der Waals surface area contributed by atoms with Crippen molar-refractivity contribution in [1.29, 1.82) is 0 Å². The lowest BCUT2D eigenvalue weighted by atomic mass is 10.2. The molecule has 2 aromatic rings. The number of anilines is 1. The van der Waals surface area contributed by atoms with Crippen molar-refractivity contribution < 1.29 is 17.8 Å². The third-order valence-electron chi connectivity index (χ3n) is 2.84. The highest BCUT2D eigenvalue weighted by atomic mass is 19.4. The molecule has 0 spiro atoms. The van der Waals surface area contributed by atoms with E-state index in [1.807, 2.05) is 0 Å². The summed E-state index contributed by atoms with van der Waals surface area (Å²) in [5, 5.41) is 7.40. The van der Waals surface area contributed by atoms with E-state index in [0.717, 1.165) is 0 Å². The van der Waals surface area contributed by atoms with Gasteiger partial charge in [-0.3, -0.25) is 0 Å². The van der Waals surface area contributed by atoms with Gasteiger partial charge in [0.05, 0.1) is 6.54 Å². The van der Waals surface area contributed by atoms with Crippen LogP contribution in [0.2, 0.25) is 0 Å². The predicted molar refractivity (Wildman–Crippen MR) is 67.6 cm³/mol. The van der Waals surface area contributed by atoms with E-state index >= 15 is 0 Å². The summed E-state index contributed by atoms with van der Waals surface area (Å²) in [6, 6.07) is 1.48. The van der Waals surface area contributed by atoms with Crippen LogP contribution in [0.4, 0.5) is 19.1 Å². The van der Waals surface area contributed by atoms with Crippen LogP contribution in [0.25, 0.3) is 0 Å². The molecule has 114 valence electrons. The minimum absolute atomic E-state index is 0.169. The number of alkyl halides is 3. The standard InChI is InChI=1S/C12H14F3N5O/c1-8-10(19-21-18-8)7-20(2)11-16-6-4-9(17-11)3-5-12(13,14)15/h4,6H,3,5,7H2,1-2H3. The van der Waals surface area contributed by atoms with Crippen molar-refractivity contribution in [1.82, 2.24) is 20.3 Å². The van der Waals surface area contributed by atoms with Gasteiger partial charge in [0.25, 0.3) is 0 Å². The average molecular weight is 301 g/mol. The molecule has 0 radical (unpaired) electrons. The van der Waals surface area contributed by atoms with Crippen LogP contribution >= 0.6 is 0 Å². The maximum Gasteiger partial charge on any atom is 0.389 e. The second-order valence-electron chi connectivity index (χ2n) is 4.62. The van der Waals surface area contributed by atoms with Gasteiger partial charge in [-0.2, -0.15) is 13.2 Å². The van der Waals surface area contributed by atoms with Crippen LogP contribution in [0, 0.1) is 6.92 Å². The molecule has 9 heteroatoms.